The van der Waals surface area contributed by atoms with Gasteiger partial charge in [-0.05, 0) is 31.0 Å². The molecule has 2 rings (SSSR count). The van der Waals surface area contributed by atoms with Gasteiger partial charge in [-0.2, -0.15) is 0 Å². The first-order valence-electron chi connectivity index (χ1n) is 6.02. The first-order valence-corrected chi connectivity index (χ1v) is 6.82. The first kappa shape index (κ1) is 13.5. The Hall–Kier alpha value is -0.940. The number of nitrogens with one attached hydrogen (secondary N) is 1. The van der Waals surface area contributed by atoms with Gasteiger partial charge in [0.25, 0.3) is 0 Å². The second-order valence-corrected chi connectivity index (χ2v) is 5.83. The van der Waals surface area contributed by atoms with Crippen LogP contribution in [0.15, 0.2) is 22.7 Å². The Morgan fingerprint density at radius 3 is 2.78 bits per heavy atom. The van der Waals surface area contributed by atoms with Crippen LogP contribution in [0.5, 0.6) is 0 Å². The number of carbonyl (C=O) groups excluding carboxylic acids is 1. The van der Waals surface area contributed by atoms with Crippen molar-refractivity contribution in [3.63, 3.8) is 0 Å². The Morgan fingerprint density at radius 2 is 2.11 bits per heavy atom. The molecule has 18 heavy (non-hydrogen) atoms. The van der Waals surface area contributed by atoms with Gasteiger partial charge in [0.1, 0.15) is 5.82 Å². The molecule has 0 spiro atoms. The third kappa shape index (κ3) is 3.29. The third-order valence-electron chi connectivity index (χ3n) is 3.31. The van der Waals surface area contributed by atoms with Gasteiger partial charge in [0.05, 0.1) is 5.69 Å². The second-order valence-electron chi connectivity index (χ2n) is 4.92. The van der Waals surface area contributed by atoms with Gasteiger partial charge in [-0.1, -0.05) is 28.8 Å². The van der Waals surface area contributed by atoms with E-state index in [2.05, 4.69) is 21.2 Å². The minimum absolute atomic E-state index is 0.191. The lowest BCUT2D eigenvalue weighted by atomic mass is 9.94. The number of benzene rings is 1. The summed E-state index contributed by atoms with van der Waals surface area (Å²) in [6.45, 7) is 0. The smallest absolute Gasteiger partial charge is 0.226 e. The van der Waals surface area contributed by atoms with Crippen molar-refractivity contribution in [3.8, 4) is 0 Å². The van der Waals surface area contributed by atoms with E-state index >= 15 is 0 Å². The molecule has 0 atom stereocenters. The lowest BCUT2D eigenvalue weighted by Crippen LogP contribution is -2.40. The Balaban J connectivity index is 2.00. The monoisotopic (exact) mass is 314 g/mol. The molecule has 1 amide bonds. The highest BCUT2D eigenvalue weighted by molar-refractivity contribution is 9.10. The van der Waals surface area contributed by atoms with E-state index in [0.717, 1.165) is 30.2 Å². The lowest BCUT2D eigenvalue weighted by molar-refractivity contribution is -0.117. The molecule has 0 unspecified atom stereocenters. The fraction of sp³-hybridized carbons (Fsp3) is 0.462. The highest BCUT2D eigenvalue weighted by Gasteiger charge is 2.31. The quantitative estimate of drug-likeness (QED) is 0.900. The van der Waals surface area contributed by atoms with Gasteiger partial charge >= 0.3 is 0 Å². The minimum atomic E-state index is -0.441. The zero-order chi connectivity index (χ0) is 13.2. The number of amides is 1. The molecule has 0 heterocycles. The molecule has 5 heteroatoms. The van der Waals surface area contributed by atoms with E-state index in [-0.39, 0.29) is 18.0 Å². The van der Waals surface area contributed by atoms with E-state index in [9.17, 15) is 9.18 Å². The standard InChI is InChI=1S/C13H16BrFN2O/c14-9-3-4-10(15)11(7-9)17-12(18)8-13(16)5-1-2-6-13/h3-4,7H,1-2,5-6,8,16H2,(H,17,18). The largest absolute Gasteiger partial charge is 0.325 e. The maximum Gasteiger partial charge on any atom is 0.226 e. The lowest BCUT2D eigenvalue weighted by Gasteiger charge is -2.22. The molecular formula is C13H16BrFN2O. The minimum Gasteiger partial charge on any atom is -0.325 e. The predicted molar refractivity (Wildman–Crippen MR) is 72.7 cm³/mol. The summed E-state index contributed by atoms with van der Waals surface area (Å²) in [7, 11) is 0. The van der Waals surface area contributed by atoms with Crippen LogP contribution >= 0.6 is 15.9 Å². The van der Waals surface area contributed by atoms with Crippen molar-refractivity contribution in [1.82, 2.24) is 0 Å². The summed E-state index contributed by atoms with van der Waals surface area (Å²) < 4.78 is 14.2. The van der Waals surface area contributed by atoms with Crippen LogP contribution in [-0.4, -0.2) is 11.4 Å². The van der Waals surface area contributed by atoms with Crippen LogP contribution in [0.2, 0.25) is 0 Å². The predicted octanol–water partition coefficient (Wildman–Crippen LogP) is 3.19. The molecule has 3 N–H and O–H groups in total. The third-order valence-corrected chi connectivity index (χ3v) is 3.81. The topological polar surface area (TPSA) is 55.1 Å². The van der Waals surface area contributed by atoms with Crippen LogP contribution < -0.4 is 11.1 Å². The zero-order valence-electron chi connectivity index (χ0n) is 10.0. The Morgan fingerprint density at radius 1 is 1.44 bits per heavy atom. The van der Waals surface area contributed by atoms with Crippen molar-refractivity contribution < 1.29 is 9.18 Å². The van der Waals surface area contributed by atoms with Crippen LogP contribution in [-0.2, 0) is 4.79 Å². The van der Waals surface area contributed by atoms with Crippen LogP contribution in [0.3, 0.4) is 0 Å². The van der Waals surface area contributed by atoms with E-state index in [4.69, 9.17) is 5.73 Å². The molecule has 1 fully saturated rings. The number of carbonyl (C=O) groups is 1. The van der Waals surface area contributed by atoms with E-state index in [0.29, 0.717) is 0 Å². The molecule has 1 aliphatic carbocycles. The summed E-state index contributed by atoms with van der Waals surface area (Å²) in [5.41, 5.74) is 5.90. The number of rotatable bonds is 3. The van der Waals surface area contributed by atoms with Gasteiger partial charge in [0.15, 0.2) is 0 Å². The molecule has 0 bridgehead atoms. The molecule has 1 aromatic carbocycles. The molecule has 3 nitrogen and oxygen atoms in total. The summed E-state index contributed by atoms with van der Waals surface area (Å²) in [6.07, 6.45) is 4.10. The highest BCUT2D eigenvalue weighted by Crippen LogP contribution is 2.30. The molecular weight excluding hydrogens is 299 g/mol. The molecule has 0 saturated heterocycles. The van der Waals surface area contributed by atoms with Crippen LogP contribution in [0, 0.1) is 5.82 Å². The molecule has 1 aromatic rings. The van der Waals surface area contributed by atoms with E-state index < -0.39 is 11.4 Å². The van der Waals surface area contributed by atoms with Gasteiger partial charge in [-0.25, -0.2) is 4.39 Å². The van der Waals surface area contributed by atoms with Crippen molar-refractivity contribution in [3.05, 3.63) is 28.5 Å². The zero-order valence-corrected chi connectivity index (χ0v) is 11.6. The molecule has 1 saturated carbocycles. The Labute approximate surface area is 114 Å². The molecule has 0 aliphatic heterocycles. The number of nitrogens with two attached hydrogens (primary N) is 1. The SMILES string of the molecule is NC1(CC(=O)Nc2cc(Br)ccc2F)CCCC1. The van der Waals surface area contributed by atoms with Crippen LogP contribution in [0.1, 0.15) is 32.1 Å². The molecule has 98 valence electrons. The average molecular weight is 315 g/mol. The summed E-state index contributed by atoms with van der Waals surface area (Å²) in [5, 5.41) is 2.58. The summed E-state index contributed by atoms with van der Waals surface area (Å²) in [5.74, 6) is -0.666. The molecule has 0 aromatic heterocycles. The molecule has 0 radical (unpaired) electrons. The van der Waals surface area contributed by atoms with Gasteiger partial charge in [0, 0.05) is 16.4 Å². The highest BCUT2D eigenvalue weighted by atomic mass is 79.9. The Bertz CT molecular complexity index is 458. The number of anilines is 1. The van der Waals surface area contributed by atoms with Crippen molar-refractivity contribution in [2.24, 2.45) is 5.73 Å². The number of halogens is 2. The van der Waals surface area contributed by atoms with Crippen molar-refractivity contribution in [2.45, 2.75) is 37.6 Å². The number of hydrogen-bond acceptors (Lipinski definition) is 2. The Kier molecular flexibility index (Phi) is 4.02. The van der Waals surface area contributed by atoms with Crippen LogP contribution in [0.4, 0.5) is 10.1 Å². The maximum absolute atomic E-state index is 13.5. The van der Waals surface area contributed by atoms with Crippen molar-refractivity contribution in [1.29, 1.82) is 0 Å². The average Bonchev–Trinajstić information content (AvgIpc) is 2.70. The summed E-state index contributed by atoms with van der Waals surface area (Å²) in [6, 6.07) is 4.45. The maximum atomic E-state index is 13.5. The van der Waals surface area contributed by atoms with Crippen molar-refractivity contribution >= 4 is 27.5 Å². The van der Waals surface area contributed by atoms with Gasteiger partial charge in [0.2, 0.25) is 5.91 Å². The van der Waals surface area contributed by atoms with E-state index in [1.165, 1.54) is 6.07 Å². The number of hydrogen-bond donors (Lipinski definition) is 2. The van der Waals surface area contributed by atoms with Crippen molar-refractivity contribution in [2.75, 3.05) is 5.32 Å². The first-order chi connectivity index (χ1) is 8.48. The van der Waals surface area contributed by atoms with Gasteiger partial charge in [-0.15, -0.1) is 0 Å². The van der Waals surface area contributed by atoms with Gasteiger partial charge < -0.3 is 11.1 Å². The van der Waals surface area contributed by atoms with E-state index in [1.807, 2.05) is 0 Å². The van der Waals surface area contributed by atoms with E-state index in [1.54, 1.807) is 12.1 Å². The molecule has 1 aliphatic rings. The summed E-state index contributed by atoms with van der Waals surface area (Å²) >= 11 is 3.24. The normalized spacial score (nSPS) is 17.7. The fourth-order valence-corrected chi connectivity index (χ4v) is 2.72. The van der Waals surface area contributed by atoms with Gasteiger partial charge in [-0.3, -0.25) is 4.79 Å². The van der Waals surface area contributed by atoms with Crippen LogP contribution in [0.25, 0.3) is 0 Å². The summed E-state index contributed by atoms with van der Waals surface area (Å²) in [4.78, 5) is 11.9. The second kappa shape index (κ2) is 5.36. The fourth-order valence-electron chi connectivity index (χ4n) is 2.36.